The third-order valence-electron chi connectivity index (χ3n) is 5.17. The predicted molar refractivity (Wildman–Crippen MR) is 113 cm³/mol. The summed E-state index contributed by atoms with van der Waals surface area (Å²) in [4.78, 5) is 54.1. The number of carbonyl (C=O) groups excluding carboxylic acids is 3. The van der Waals surface area contributed by atoms with Crippen LogP contribution in [-0.4, -0.2) is 29.6 Å². The molecule has 2 aliphatic rings. The third kappa shape index (κ3) is 2.72. The molecule has 1 unspecified atom stereocenters. The number of methoxy groups -OCH3 is 1. The van der Waals surface area contributed by atoms with Gasteiger partial charge in [-0.05, 0) is 17.7 Å². The molecule has 3 aromatic rings. The van der Waals surface area contributed by atoms with Crippen LogP contribution < -0.4 is 4.87 Å². The van der Waals surface area contributed by atoms with Gasteiger partial charge in [0.05, 0.1) is 33.4 Å². The van der Waals surface area contributed by atoms with Crippen molar-refractivity contribution in [2.45, 2.75) is 10.9 Å². The van der Waals surface area contributed by atoms with Gasteiger partial charge in [0, 0.05) is 16.7 Å². The van der Waals surface area contributed by atoms with Gasteiger partial charge in [0.2, 0.25) is 5.78 Å². The predicted octanol–water partition coefficient (Wildman–Crippen LogP) is 3.79. The Balaban J connectivity index is 1.72. The number of hydrogen-bond donors (Lipinski definition) is 1. The average Bonchev–Trinajstić information content (AvgIpc) is 3.15. The van der Waals surface area contributed by atoms with E-state index in [0.717, 1.165) is 23.1 Å². The Bertz CT molecular complexity index is 1330. The Morgan fingerprint density at radius 2 is 1.63 bits per heavy atom. The molecule has 0 saturated heterocycles. The van der Waals surface area contributed by atoms with E-state index < -0.39 is 11.9 Å². The second-order valence-corrected chi connectivity index (χ2v) is 8.84. The highest BCUT2D eigenvalue weighted by Gasteiger charge is 2.42. The summed E-state index contributed by atoms with van der Waals surface area (Å²) in [5.74, 6) is -1.48. The van der Waals surface area contributed by atoms with Crippen molar-refractivity contribution in [3.05, 3.63) is 95.8 Å². The van der Waals surface area contributed by atoms with E-state index in [0.29, 0.717) is 42.6 Å². The zero-order chi connectivity index (χ0) is 21.0. The molecule has 2 aromatic carbocycles. The molecule has 30 heavy (non-hydrogen) atoms. The topological polar surface area (TPSA) is 93.3 Å². The molecule has 1 aliphatic carbocycles. The number of rotatable bonds is 2. The highest BCUT2D eigenvalue weighted by Crippen LogP contribution is 2.51. The molecule has 0 bridgehead atoms. The van der Waals surface area contributed by atoms with Crippen LogP contribution in [0.3, 0.4) is 0 Å². The molecule has 0 saturated carbocycles. The number of ether oxygens (including phenoxy) is 1. The van der Waals surface area contributed by atoms with Crippen LogP contribution in [-0.2, 0) is 4.74 Å². The normalized spacial score (nSPS) is 17.3. The van der Waals surface area contributed by atoms with Gasteiger partial charge in [-0.25, -0.2) is 4.79 Å². The standard InChI is InChI=1S/C22H13NO5S2/c1-28-21(26)11-8-6-10(7-9-11)14-15-16(24)12-4-2-3-5-13(12)17(25)18(15)29-20-19(14)30-22(27)23-20/h2-9,14H,1H3,(H,23,27). The number of H-pyrrole nitrogens is 1. The van der Waals surface area contributed by atoms with Crippen LogP contribution >= 0.6 is 23.1 Å². The molecule has 0 amide bonds. The smallest absolute Gasteiger partial charge is 0.337 e. The van der Waals surface area contributed by atoms with E-state index in [2.05, 4.69) is 4.98 Å². The molecule has 0 radical (unpaired) electrons. The zero-order valence-electron chi connectivity index (χ0n) is 15.6. The molecule has 148 valence electrons. The first-order valence-corrected chi connectivity index (χ1v) is 10.6. The summed E-state index contributed by atoms with van der Waals surface area (Å²) < 4.78 is 4.74. The Morgan fingerprint density at radius 3 is 2.30 bits per heavy atom. The van der Waals surface area contributed by atoms with Crippen LogP contribution in [0.2, 0.25) is 0 Å². The van der Waals surface area contributed by atoms with Gasteiger partial charge >= 0.3 is 10.8 Å². The quantitative estimate of drug-likeness (QED) is 0.616. The zero-order valence-corrected chi connectivity index (χ0v) is 17.2. The number of Topliss-reactive ketones (excluding diaryl/α,β-unsaturated/α-hetero) is 2. The number of thiazole rings is 1. The monoisotopic (exact) mass is 435 g/mol. The van der Waals surface area contributed by atoms with Gasteiger partial charge in [-0.3, -0.25) is 14.4 Å². The minimum absolute atomic E-state index is 0.221. The van der Waals surface area contributed by atoms with Crippen molar-refractivity contribution in [2.24, 2.45) is 0 Å². The third-order valence-corrected chi connectivity index (χ3v) is 7.39. The first kappa shape index (κ1) is 18.8. The van der Waals surface area contributed by atoms with Gasteiger partial charge in [0.15, 0.2) is 5.78 Å². The number of carbonyl (C=O) groups is 3. The van der Waals surface area contributed by atoms with Crippen LogP contribution in [0.25, 0.3) is 0 Å². The van der Waals surface area contributed by atoms with E-state index in [-0.39, 0.29) is 16.4 Å². The summed E-state index contributed by atoms with van der Waals surface area (Å²) in [5.41, 5.74) is 2.20. The van der Waals surface area contributed by atoms with Crippen LogP contribution in [0.5, 0.6) is 0 Å². The van der Waals surface area contributed by atoms with Gasteiger partial charge in [-0.2, -0.15) is 0 Å². The van der Waals surface area contributed by atoms with Crippen molar-refractivity contribution in [3.8, 4) is 0 Å². The number of aromatic amines is 1. The summed E-state index contributed by atoms with van der Waals surface area (Å²) >= 11 is 2.16. The molecule has 8 heteroatoms. The first-order chi connectivity index (χ1) is 14.5. The molecule has 1 atom stereocenters. The highest BCUT2D eigenvalue weighted by atomic mass is 32.2. The van der Waals surface area contributed by atoms with Gasteiger partial charge in [-0.1, -0.05) is 59.5 Å². The maximum Gasteiger partial charge on any atom is 0.337 e. The lowest BCUT2D eigenvalue weighted by molar-refractivity contribution is 0.0600. The number of allylic oxidation sites excluding steroid dienone is 2. The molecule has 0 fully saturated rings. The molecule has 6 nitrogen and oxygen atoms in total. The number of hydrogen-bond acceptors (Lipinski definition) is 7. The molecule has 1 aliphatic heterocycles. The number of ketones is 2. The Labute approximate surface area is 178 Å². The molecule has 1 N–H and O–H groups in total. The number of nitrogens with one attached hydrogen (secondary N) is 1. The Kier molecular flexibility index (Phi) is 4.34. The fraction of sp³-hybridized carbons (Fsp3) is 0.0909. The second-order valence-electron chi connectivity index (χ2n) is 6.80. The van der Waals surface area contributed by atoms with Crippen LogP contribution in [0, 0.1) is 0 Å². The number of esters is 1. The van der Waals surface area contributed by atoms with Crippen molar-refractivity contribution in [3.63, 3.8) is 0 Å². The number of fused-ring (bicyclic) bond motifs is 2. The summed E-state index contributed by atoms with van der Waals surface area (Å²) in [6.45, 7) is 0. The van der Waals surface area contributed by atoms with Crippen LogP contribution in [0.1, 0.15) is 47.4 Å². The first-order valence-electron chi connectivity index (χ1n) is 9.01. The molecule has 2 heterocycles. The SMILES string of the molecule is COC(=O)c1ccc(C2C3=C(Sc4[nH]c(=O)sc42)C(=O)c2ccccc2C3=O)cc1. The summed E-state index contributed by atoms with van der Waals surface area (Å²) in [7, 11) is 1.30. The maximum atomic E-state index is 13.4. The maximum absolute atomic E-state index is 13.4. The largest absolute Gasteiger partial charge is 0.465 e. The van der Waals surface area contributed by atoms with Crippen molar-refractivity contribution >= 4 is 40.6 Å². The van der Waals surface area contributed by atoms with Gasteiger partial charge in [-0.15, -0.1) is 0 Å². The molecular weight excluding hydrogens is 422 g/mol. The van der Waals surface area contributed by atoms with Crippen molar-refractivity contribution in [1.29, 1.82) is 0 Å². The second kappa shape index (κ2) is 6.93. The van der Waals surface area contributed by atoms with E-state index >= 15 is 0 Å². The summed E-state index contributed by atoms with van der Waals surface area (Å²) in [6.07, 6.45) is 0. The minimum Gasteiger partial charge on any atom is -0.465 e. The van der Waals surface area contributed by atoms with E-state index in [1.807, 2.05) is 0 Å². The molecule has 1 aromatic heterocycles. The average molecular weight is 435 g/mol. The van der Waals surface area contributed by atoms with Crippen LogP contribution in [0.15, 0.2) is 68.8 Å². The van der Waals surface area contributed by atoms with Crippen molar-refractivity contribution in [1.82, 2.24) is 4.98 Å². The fourth-order valence-corrected chi connectivity index (χ4v) is 6.08. The fourth-order valence-electron chi connectivity index (χ4n) is 3.81. The van der Waals surface area contributed by atoms with E-state index in [1.165, 1.54) is 7.11 Å². The Hall–Kier alpha value is -3.23. The molecular formula is C22H13NO5S2. The summed E-state index contributed by atoms with van der Waals surface area (Å²) in [6, 6.07) is 13.4. The van der Waals surface area contributed by atoms with E-state index in [4.69, 9.17) is 4.74 Å². The molecule has 0 spiro atoms. The minimum atomic E-state index is -0.572. The highest BCUT2D eigenvalue weighted by molar-refractivity contribution is 8.04. The van der Waals surface area contributed by atoms with E-state index in [9.17, 15) is 19.2 Å². The van der Waals surface area contributed by atoms with Crippen molar-refractivity contribution in [2.75, 3.05) is 7.11 Å². The number of thioether (sulfide) groups is 1. The lowest BCUT2D eigenvalue weighted by atomic mass is 9.79. The number of aromatic nitrogens is 1. The van der Waals surface area contributed by atoms with Gasteiger partial charge in [0.25, 0.3) is 0 Å². The molecule has 5 rings (SSSR count). The Morgan fingerprint density at radius 1 is 0.967 bits per heavy atom. The van der Waals surface area contributed by atoms with E-state index in [1.54, 1.807) is 48.5 Å². The number of benzene rings is 2. The van der Waals surface area contributed by atoms with Crippen molar-refractivity contribution < 1.29 is 19.1 Å². The van der Waals surface area contributed by atoms with Gasteiger partial charge in [0.1, 0.15) is 0 Å². The lowest BCUT2D eigenvalue weighted by Crippen LogP contribution is -2.27. The van der Waals surface area contributed by atoms with Gasteiger partial charge < -0.3 is 9.72 Å². The van der Waals surface area contributed by atoms with Crippen LogP contribution in [0.4, 0.5) is 0 Å². The lowest BCUT2D eigenvalue weighted by Gasteiger charge is -2.30. The summed E-state index contributed by atoms with van der Waals surface area (Å²) in [5, 5.41) is 0.575.